The summed E-state index contributed by atoms with van der Waals surface area (Å²) in [5.74, 6) is -0.301. The summed E-state index contributed by atoms with van der Waals surface area (Å²) < 4.78 is 11.4. The number of aromatic nitrogens is 1. The molecule has 2 N–H and O–H groups in total. The summed E-state index contributed by atoms with van der Waals surface area (Å²) >= 11 is 1.65. The predicted molar refractivity (Wildman–Crippen MR) is 131 cm³/mol. The molecule has 1 aliphatic heterocycles. The van der Waals surface area contributed by atoms with E-state index in [4.69, 9.17) is 4.74 Å². The van der Waals surface area contributed by atoms with Gasteiger partial charge in [0.1, 0.15) is 11.3 Å². The van der Waals surface area contributed by atoms with Crippen LogP contribution in [0.5, 0.6) is 5.75 Å². The van der Waals surface area contributed by atoms with Crippen LogP contribution in [-0.2, 0) is 6.42 Å². The first-order valence-electron chi connectivity index (χ1n) is 11.2. The monoisotopic (exact) mass is 458 g/mol. The van der Waals surface area contributed by atoms with Crippen molar-refractivity contribution in [1.29, 1.82) is 0 Å². The summed E-state index contributed by atoms with van der Waals surface area (Å²) in [7, 11) is 0. The highest BCUT2D eigenvalue weighted by molar-refractivity contribution is 7.96. The zero-order valence-corrected chi connectivity index (χ0v) is 20.5. The first kappa shape index (κ1) is 24.4. The summed E-state index contributed by atoms with van der Waals surface area (Å²) in [4.78, 5) is 24.1. The summed E-state index contributed by atoms with van der Waals surface area (Å²) in [5, 5.41) is 9.46. The molecule has 174 valence electrons. The van der Waals surface area contributed by atoms with Gasteiger partial charge in [-0.25, -0.2) is 4.79 Å². The van der Waals surface area contributed by atoms with Gasteiger partial charge in [0.15, 0.2) is 5.43 Å². The van der Waals surface area contributed by atoms with Crippen molar-refractivity contribution in [2.45, 2.75) is 59.4 Å². The van der Waals surface area contributed by atoms with E-state index in [1.165, 1.54) is 12.3 Å². The summed E-state index contributed by atoms with van der Waals surface area (Å²) in [6.07, 6.45) is 7.56. The van der Waals surface area contributed by atoms with Crippen LogP contribution in [0, 0.1) is 12.3 Å². The predicted octanol–water partition coefficient (Wildman–Crippen LogP) is 5.08. The van der Waals surface area contributed by atoms with Crippen molar-refractivity contribution >= 4 is 17.9 Å². The number of nitrogens with one attached hydrogen (secondary N) is 1. The van der Waals surface area contributed by atoms with E-state index >= 15 is 0 Å². The number of unbranched alkanes of at least 4 members (excludes halogenated alkanes) is 2. The highest BCUT2D eigenvalue weighted by Gasteiger charge is 2.33. The molecule has 2 heterocycles. The van der Waals surface area contributed by atoms with Crippen molar-refractivity contribution in [3.63, 3.8) is 0 Å². The number of fused-ring (bicyclic) bond motifs is 3. The van der Waals surface area contributed by atoms with Crippen molar-refractivity contribution < 1.29 is 14.6 Å². The molecule has 7 heteroatoms. The van der Waals surface area contributed by atoms with Gasteiger partial charge in [-0.1, -0.05) is 32.7 Å². The Morgan fingerprint density at radius 2 is 2.00 bits per heavy atom. The summed E-state index contributed by atoms with van der Waals surface area (Å²) in [6.45, 7) is 10.1. The van der Waals surface area contributed by atoms with Crippen LogP contribution in [0.25, 0.3) is 11.3 Å². The van der Waals surface area contributed by atoms with Crippen molar-refractivity contribution in [1.82, 2.24) is 9.29 Å². The fourth-order valence-electron chi connectivity index (χ4n) is 4.27. The quantitative estimate of drug-likeness (QED) is 0.403. The number of benzene rings is 1. The van der Waals surface area contributed by atoms with Gasteiger partial charge in [-0.15, -0.1) is 0 Å². The minimum absolute atomic E-state index is 0.0307. The maximum absolute atomic E-state index is 12.5. The molecule has 1 atom stereocenters. The SMILES string of the molecule is CSNCCCCCOc1cc2c(cc1C)-c1cc(=O)c(C(=O)O)cn1C(C(C)(C)C)C2. The van der Waals surface area contributed by atoms with Gasteiger partial charge in [-0.2, -0.15) is 0 Å². The molecule has 0 bridgehead atoms. The van der Waals surface area contributed by atoms with E-state index in [0.29, 0.717) is 6.61 Å². The molecule has 1 aromatic heterocycles. The van der Waals surface area contributed by atoms with E-state index in [-0.39, 0.29) is 17.0 Å². The molecule has 0 spiro atoms. The lowest BCUT2D eigenvalue weighted by Crippen LogP contribution is -2.32. The third kappa shape index (κ3) is 5.38. The van der Waals surface area contributed by atoms with Crippen molar-refractivity contribution in [2.24, 2.45) is 5.41 Å². The van der Waals surface area contributed by atoms with Gasteiger partial charge in [0.2, 0.25) is 0 Å². The molecule has 3 rings (SSSR count). The molecule has 0 amide bonds. The van der Waals surface area contributed by atoms with Gasteiger partial charge in [-0.3, -0.25) is 9.52 Å². The molecule has 32 heavy (non-hydrogen) atoms. The van der Waals surface area contributed by atoms with E-state index in [0.717, 1.165) is 60.4 Å². The number of nitrogens with zero attached hydrogens (tertiary/aromatic N) is 1. The van der Waals surface area contributed by atoms with Crippen LogP contribution in [0.3, 0.4) is 0 Å². The number of hydrogen-bond donors (Lipinski definition) is 2. The highest BCUT2D eigenvalue weighted by Crippen LogP contribution is 2.44. The number of carboxylic acids is 1. The van der Waals surface area contributed by atoms with E-state index in [2.05, 4.69) is 37.6 Å². The van der Waals surface area contributed by atoms with E-state index in [9.17, 15) is 14.7 Å². The zero-order chi connectivity index (χ0) is 23.5. The van der Waals surface area contributed by atoms with Gasteiger partial charge in [-0.05, 0) is 67.5 Å². The molecule has 1 aliphatic rings. The van der Waals surface area contributed by atoms with E-state index in [1.54, 1.807) is 11.9 Å². The van der Waals surface area contributed by atoms with E-state index in [1.807, 2.05) is 17.7 Å². The normalized spacial score (nSPS) is 15.2. The lowest BCUT2D eigenvalue weighted by molar-refractivity contribution is 0.0693. The number of carboxylic acid groups (broad SMARTS) is 1. The lowest BCUT2D eigenvalue weighted by Gasteiger charge is -2.39. The van der Waals surface area contributed by atoms with Crippen molar-refractivity contribution in [3.05, 3.63) is 51.3 Å². The van der Waals surface area contributed by atoms with Crippen LogP contribution in [-0.4, -0.2) is 35.1 Å². The minimum atomic E-state index is -1.19. The Bertz CT molecular complexity index is 1040. The molecule has 0 saturated carbocycles. The second-order valence-corrected chi connectivity index (χ2v) is 10.2. The average Bonchev–Trinajstić information content (AvgIpc) is 2.71. The van der Waals surface area contributed by atoms with Crippen LogP contribution >= 0.6 is 11.9 Å². The van der Waals surface area contributed by atoms with Crippen molar-refractivity contribution in [3.8, 4) is 17.0 Å². The van der Waals surface area contributed by atoms with E-state index < -0.39 is 11.4 Å². The molecule has 2 aromatic rings. The third-order valence-electron chi connectivity index (χ3n) is 6.06. The van der Waals surface area contributed by atoms with Crippen LogP contribution in [0.15, 0.2) is 29.2 Å². The maximum Gasteiger partial charge on any atom is 0.341 e. The van der Waals surface area contributed by atoms with Crippen LogP contribution in [0.4, 0.5) is 0 Å². The number of rotatable bonds is 9. The average molecular weight is 459 g/mol. The van der Waals surface area contributed by atoms with Gasteiger partial charge in [0, 0.05) is 30.4 Å². The Morgan fingerprint density at radius 3 is 2.66 bits per heavy atom. The number of ether oxygens (including phenoxy) is 1. The molecule has 0 aliphatic carbocycles. The second kappa shape index (κ2) is 10.1. The summed E-state index contributed by atoms with van der Waals surface area (Å²) in [5.41, 5.74) is 3.15. The minimum Gasteiger partial charge on any atom is -0.493 e. The first-order valence-corrected chi connectivity index (χ1v) is 12.4. The molecule has 0 saturated heterocycles. The molecular weight excluding hydrogens is 424 g/mol. The van der Waals surface area contributed by atoms with Crippen LogP contribution in [0.1, 0.15) is 67.6 Å². The number of hydrogen-bond acceptors (Lipinski definition) is 5. The van der Waals surface area contributed by atoms with Gasteiger partial charge >= 0.3 is 5.97 Å². The zero-order valence-electron chi connectivity index (χ0n) is 19.7. The summed E-state index contributed by atoms with van der Waals surface area (Å²) in [6, 6.07) is 5.68. The smallest absolute Gasteiger partial charge is 0.341 e. The number of carbonyl (C=O) groups is 1. The highest BCUT2D eigenvalue weighted by atomic mass is 32.2. The molecule has 0 fully saturated rings. The Morgan fingerprint density at radius 1 is 1.25 bits per heavy atom. The Balaban J connectivity index is 1.90. The van der Waals surface area contributed by atoms with Gasteiger partial charge in [0.25, 0.3) is 0 Å². The standard InChI is InChI=1S/C25H34N2O4S/c1-16-11-18-17(12-22(16)31-10-8-6-7-9-26-32-5)13-23(25(2,3)4)27-15-19(24(29)30)21(28)14-20(18)27/h11-12,14-15,23,26H,6-10,13H2,1-5H3,(H,29,30). The topological polar surface area (TPSA) is 80.6 Å². The number of pyridine rings is 1. The second-order valence-electron chi connectivity index (χ2n) is 9.52. The van der Waals surface area contributed by atoms with Crippen molar-refractivity contribution in [2.75, 3.05) is 19.4 Å². The molecule has 1 aromatic carbocycles. The van der Waals surface area contributed by atoms with Gasteiger partial charge in [0.05, 0.1) is 12.3 Å². The first-order chi connectivity index (χ1) is 15.1. The fraction of sp³-hybridized carbons (Fsp3) is 0.520. The number of aryl methyl sites for hydroxylation is 1. The Labute approximate surface area is 194 Å². The Kier molecular flexibility index (Phi) is 7.72. The largest absolute Gasteiger partial charge is 0.493 e. The molecule has 1 unspecified atom stereocenters. The van der Waals surface area contributed by atoms with Gasteiger partial charge < -0.3 is 14.4 Å². The molecular formula is C25H34N2O4S. The Hall–Kier alpha value is -2.25. The lowest BCUT2D eigenvalue weighted by atomic mass is 9.78. The van der Waals surface area contributed by atoms with Crippen LogP contribution in [0.2, 0.25) is 0 Å². The van der Waals surface area contributed by atoms with Crippen LogP contribution < -0.4 is 14.9 Å². The fourth-order valence-corrected chi connectivity index (χ4v) is 4.62. The third-order valence-corrected chi connectivity index (χ3v) is 6.55. The maximum atomic E-state index is 12.5. The molecule has 6 nitrogen and oxygen atoms in total. The molecule has 0 radical (unpaired) electrons. The number of aromatic carboxylic acids is 1.